The van der Waals surface area contributed by atoms with E-state index < -0.39 is 5.60 Å². The van der Waals surface area contributed by atoms with E-state index in [2.05, 4.69) is 0 Å². The van der Waals surface area contributed by atoms with Gasteiger partial charge in [0.15, 0.2) is 0 Å². The first-order chi connectivity index (χ1) is 7.89. The number of carbonyl (C=O) groups is 1. The Morgan fingerprint density at radius 1 is 1.35 bits per heavy atom. The zero-order valence-electron chi connectivity index (χ0n) is 10.7. The van der Waals surface area contributed by atoms with E-state index in [1.165, 1.54) is 5.56 Å². The molecule has 92 valence electrons. The number of β-amino-alcohol motifs (C(OH)–C–C–N with tert-alkyl or cyclic N) is 1. The van der Waals surface area contributed by atoms with Crippen molar-refractivity contribution in [1.29, 1.82) is 0 Å². The fourth-order valence-electron chi connectivity index (χ4n) is 2.18. The second kappa shape index (κ2) is 4.15. The van der Waals surface area contributed by atoms with Gasteiger partial charge in [-0.15, -0.1) is 0 Å². The van der Waals surface area contributed by atoms with Gasteiger partial charge in [0.05, 0.1) is 5.60 Å². The smallest absolute Gasteiger partial charge is 0.253 e. The molecule has 0 aromatic heterocycles. The van der Waals surface area contributed by atoms with Gasteiger partial charge in [0.1, 0.15) is 0 Å². The van der Waals surface area contributed by atoms with E-state index in [-0.39, 0.29) is 5.91 Å². The Bertz CT molecular complexity index is 452. The van der Waals surface area contributed by atoms with Crippen LogP contribution in [0.2, 0.25) is 0 Å². The summed E-state index contributed by atoms with van der Waals surface area (Å²) in [7, 11) is 0. The highest BCUT2D eigenvalue weighted by molar-refractivity contribution is 5.94. The van der Waals surface area contributed by atoms with E-state index >= 15 is 0 Å². The highest BCUT2D eigenvalue weighted by Crippen LogP contribution is 2.22. The van der Waals surface area contributed by atoms with Gasteiger partial charge in [-0.25, -0.2) is 0 Å². The Morgan fingerprint density at radius 2 is 2.06 bits per heavy atom. The molecule has 1 N–H and O–H groups in total. The van der Waals surface area contributed by atoms with Crippen molar-refractivity contribution in [2.24, 2.45) is 0 Å². The molecule has 1 saturated heterocycles. The maximum absolute atomic E-state index is 12.2. The van der Waals surface area contributed by atoms with Gasteiger partial charge in [-0.2, -0.15) is 0 Å². The lowest BCUT2D eigenvalue weighted by Gasteiger charge is -2.19. The second-order valence-electron chi connectivity index (χ2n) is 5.27. The van der Waals surface area contributed by atoms with E-state index in [4.69, 9.17) is 0 Å². The van der Waals surface area contributed by atoms with Gasteiger partial charge in [0.25, 0.3) is 5.91 Å². The van der Waals surface area contributed by atoms with Gasteiger partial charge < -0.3 is 10.0 Å². The molecular weight excluding hydrogens is 214 g/mol. The summed E-state index contributed by atoms with van der Waals surface area (Å²) >= 11 is 0. The van der Waals surface area contributed by atoms with Crippen LogP contribution >= 0.6 is 0 Å². The number of aliphatic hydroxyl groups is 1. The van der Waals surface area contributed by atoms with Crippen LogP contribution in [0.25, 0.3) is 0 Å². The van der Waals surface area contributed by atoms with Crippen LogP contribution in [-0.4, -0.2) is 34.6 Å². The van der Waals surface area contributed by atoms with Crippen LogP contribution in [-0.2, 0) is 0 Å². The molecule has 2 rings (SSSR count). The Balaban J connectivity index is 2.18. The summed E-state index contributed by atoms with van der Waals surface area (Å²) in [5, 5.41) is 9.87. The van der Waals surface area contributed by atoms with Crippen molar-refractivity contribution < 1.29 is 9.90 Å². The first-order valence-corrected chi connectivity index (χ1v) is 5.98. The minimum atomic E-state index is -0.727. The van der Waals surface area contributed by atoms with Crippen molar-refractivity contribution in [3.05, 3.63) is 34.9 Å². The largest absolute Gasteiger partial charge is 0.388 e. The van der Waals surface area contributed by atoms with Gasteiger partial charge >= 0.3 is 0 Å². The molecule has 1 unspecified atom stereocenters. The molecule has 0 radical (unpaired) electrons. The third-order valence-electron chi connectivity index (χ3n) is 3.49. The average molecular weight is 233 g/mol. The lowest BCUT2D eigenvalue weighted by molar-refractivity contribution is 0.0572. The second-order valence-corrected chi connectivity index (χ2v) is 5.27. The number of hydrogen-bond donors (Lipinski definition) is 1. The predicted octanol–water partition coefficient (Wildman–Crippen LogP) is 1.90. The lowest BCUT2D eigenvalue weighted by atomic mass is 10.1. The van der Waals surface area contributed by atoms with Crippen molar-refractivity contribution in [2.75, 3.05) is 13.1 Å². The summed E-state index contributed by atoms with van der Waals surface area (Å²) in [6.45, 7) is 6.88. The number of carbonyl (C=O) groups excluding carboxylic acids is 1. The molecule has 1 amide bonds. The van der Waals surface area contributed by atoms with E-state index in [9.17, 15) is 9.90 Å². The normalized spacial score (nSPS) is 24.1. The zero-order chi connectivity index (χ0) is 12.6. The maximum Gasteiger partial charge on any atom is 0.253 e. The number of aryl methyl sites for hydroxylation is 2. The molecule has 3 heteroatoms. The number of amides is 1. The highest BCUT2D eigenvalue weighted by atomic mass is 16.3. The lowest BCUT2D eigenvalue weighted by Crippen LogP contribution is -2.33. The number of hydrogen-bond acceptors (Lipinski definition) is 2. The topological polar surface area (TPSA) is 40.5 Å². The van der Waals surface area contributed by atoms with Gasteiger partial charge in [-0.3, -0.25) is 4.79 Å². The minimum absolute atomic E-state index is 0.0193. The van der Waals surface area contributed by atoms with Crippen LogP contribution < -0.4 is 0 Å². The molecule has 1 fully saturated rings. The van der Waals surface area contributed by atoms with Crippen LogP contribution in [0.1, 0.15) is 34.8 Å². The SMILES string of the molecule is Cc1ccc(C(=O)N2CCC(C)(O)C2)cc1C. The molecule has 0 aliphatic carbocycles. The van der Waals surface area contributed by atoms with Crippen LogP contribution in [0.3, 0.4) is 0 Å². The van der Waals surface area contributed by atoms with Gasteiger partial charge in [0.2, 0.25) is 0 Å². The minimum Gasteiger partial charge on any atom is -0.388 e. The highest BCUT2D eigenvalue weighted by Gasteiger charge is 2.34. The van der Waals surface area contributed by atoms with Crippen LogP contribution in [0.15, 0.2) is 18.2 Å². The van der Waals surface area contributed by atoms with Crippen molar-refractivity contribution in [3.63, 3.8) is 0 Å². The Hall–Kier alpha value is -1.35. The van der Waals surface area contributed by atoms with E-state index in [1.54, 1.807) is 11.8 Å². The molecule has 1 aromatic carbocycles. The van der Waals surface area contributed by atoms with Crippen LogP contribution in [0.5, 0.6) is 0 Å². The third-order valence-corrected chi connectivity index (χ3v) is 3.49. The van der Waals surface area contributed by atoms with Crippen molar-refractivity contribution >= 4 is 5.91 Å². The standard InChI is InChI=1S/C14H19NO2/c1-10-4-5-12(8-11(10)2)13(16)15-7-6-14(3,17)9-15/h4-5,8,17H,6-7,9H2,1-3H3. The van der Waals surface area contributed by atoms with Gasteiger partial charge in [-0.05, 0) is 50.5 Å². The molecule has 1 aromatic rings. The average Bonchev–Trinajstić information content (AvgIpc) is 2.62. The molecule has 3 nitrogen and oxygen atoms in total. The molecule has 0 spiro atoms. The molecule has 1 aliphatic rings. The summed E-state index contributed by atoms with van der Waals surface area (Å²) < 4.78 is 0. The number of likely N-dealkylation sites (tertiary alicyclic amines) is 1. The maximum atomic E-state index is 12.2. The van der Waals surface area contributed by atoms with Crippen LogP contribution in [0.4, 0.5) is 0 Å². The molecule has 17 heavy (non-hydrogen) atoms. The monoisotopic (exact) mass is 233 g/mol. The predicted molar refractivity (Wildman–Crippen MR) is 67.1 cm³/mol. The van der Waals surface area contributed by atoms with Crippen molar-refractivity contribution in [3.8, 4) is 0 Å². The van der Waals surface area contributed by atoms with Gasteiger partial charge in [-0.1, -0.05) is 6.07 Å². The Morgan fingerprint density at radius 3 is 2.59 bits per heavy atom. The van der Waals surface area contributed by atoms with Crippen molar-refractivity contribution in [1.82, 2.24) is 4.90 Å². The van der Waals surface area contributed by atoms with Gasteiger partial charge in [0, 0.05) is 18.7 Å². The van der Waals surface area contributed by atoms with Crippen LogP contribution in [0, 0.1) is 13.8 Å². The zero-order valence-corrected chi connectivity index (χ0v) is 10.7. The summed E-state index contributed by atoms with van der Waals surface area (Å²) in [6, 6.07) is 5.75. The fraction of sp³-hybridized carbons (Fsp3) is 0.500. The third kappa shape index (κ3) is 2.50. The molecule has 1 aliphatic heterocycles. The molecule has 0 saturated carbocycles. The number of benzene rings is 1. The van der Waals surface area contributed by atoms with E-state index in [1.807, 2.05) is 32.0 Å². The Labute approximate surface area is 102 Å². The fourth-order valence-corrected chi connectivity index (χ4v) is 2.18. The summed E-state index contributed by atoms with van der Waals surface area (Å²) in [5.74, 6) is 0.0193. The quantitative estimate of drug-likeness (QED) is 0.804. The van der Waals surface area contributed by atoms with E-state index in [0.29, 0.717) is 25.1 Å². The summed E-state index contributed by atoms with van der Waals surface area (Å²) in [6.07, 6.45) is 0.656. The number of rotatable bonds is 1. The molecule has 1 heterocycles. The summed E-state index contributed by atoms with van der Waals surface area (Å²) in [4.78, 5) is 13.9. The first kappa shape index (κ1) is 12.1. The Kier molecular flexibility index (Phi) is 2.96. The van der Waals surface area contributed by atoms with E-state index in [0.717, 1.165) is 5.56 Å². The molecule has 1 atom stereocenters. The van der Waals surface area contributed by atoms with Crippen molar-refractivity contribution in [2.45, 2.75) is 32.8 Å². The number of nitrogens with zero attached hydrogens (tertiary/aromatic N) is 1. The first-order valence-electron chi connectivity index (χ1n) is 5.98. The summed E-state index contributed by atoms with van der Waals surface area (Å²) in [5.41, 5.74) is 2.30. The molecule has 0 bridgehead atoms. The molecular formula is C14H19NO2.